The molecule has 0 bridgehead atoms. The summed E-state index contributed by atoms with van der Waals surface area (Å²) in [6.45, 7) is 2.66. The second kappa shape index (κ2) is 6.37. The van der Waals surface area contributed by atoms with E-state index in [0.717, 1.165) is 0 Å². The van der Waals surface area contributed by atoms with E-state index < -0.39 is 0 Å². The summed E-state index contributed by atoms with van der Waals surface area (Å²) in [6.07, 6.45) is 0. The van der Waals surface area contributed by atoms with Gasteiger partial charge in [-0.1, -0.05) is 48.5 Å². The number of nitriles is 2. The molecule has 0 radical (unpaired) electrons. The highest BCUT2D eigenvalue weighted by atomic mass is 15.3. The third kappa shape index (κ3) is 2.55. The van der Waals surface area contributed by atoms with Crippen LogP contribution in [0.15, 0.2) is 48.5 Å². The lowest BCUT2D eigenvalue weighted by atomic mass is 10.1. The molecule has 0 saturated heterocycles. The first kappa shape index (κ1) is 16.3. The fourth-order valence-electron chi connectivity index (χ4n) is 3.97. The van der Waals surface area contributed by atoms with Gasteiger partial charge in [-0.3, -0.25) is 0 Å². The van der Waals surface area contributed by atoms with Gasteiger partial charge in [-0.2, -0.15) is 10.5 Å². The second-order valence-electron chi connectivity index (χ2n) is 7.04. The van der Waals surface area contributed by atoms with Crippen molar-refractivity contribution < 1.29 is 0 Å². The molecule has 0 amide bonds. The predicted molar refractivity (Wildman–Crippen MR) is 104 cm³/mol. The number of fused-ring (bicyclic) bond motifs is 2. The van der Waals surface area contributed by atoms with E-state index in [2.05, 4.69) is 46.4 Å². The van der Waals surface area contributed by atoms with Crippen LogP contribution in [-0.4, -0.2) is 9.97 Å². The van der Waals surface area contributed by atoms with E-state index >= 15 is 0 Å². The van der Waals surface area contributed by atoms with Gasteiger partial charge < -0.3 is 9.80 Å². The van der Waals surface area contributed by atoms with E-state index in [9.17, 15) is 10.5 Å². The van der Waals surface area contributed by atoms with E-state index in [-0.39, 0.29) is 11.4 Å². The zero-order valence-electron chi connectivity index (χ0n) is 15.1. The van der Waals surface area contributed by atoms with Crippen LogP contribution in [0, 0.1) is 22.7 Å². The Kier molecular flexibility index (Phi) is 3.70. The highest BCUT2D eigenvalue weighted by molar-refractivity contribution is 5.62. The fraction of sp³-hybridized carbons (Fsp3) is 0.182. The summed E-state index contributed by atoms with van der Waals surface area (Å²) in [5.74, 6) is 0.964. The first-order valence-corrected chi connectivity index (χ1v) is 9.12. The van der Waals surface area contributed by atoms with Crippen LogP contribution in [-0.2, 0) is 26.2 Å². The van der Waals surface area contributed by atoms with Crippen LogP contribution in [0.3, 0.4) is 0 Å². The molecule has 2 aromatic carbocycles. The SMILES string of the molecule is N#Cc1nc(N2Cc3ccccc3C2)c(C#N)nc1N1Cc2ccccc2C1. The van der Waals surface area contributed by atoms with Crippen LogP contribution in [0.25, 0.3) is 0 Å². The Morgan fingerprint density at radius 1 is 0.607 bits per heavy atom. The molecule has 134 valence electrons. The highest BCUT2D eigenvalue weighted by Gasteiger charge is 2.28. The molecule has 0 spiro atoms. The van der Waals surface area contributed by atoms with Crippen LogP contribution in [0.4, 0.5) is 11.6 Å². The molecule has 2 aliphatic heterocycles. The highest BCUT2D eigenvalue weighted by Crippen LogP contribution is 2.33. The van der Waals surface area contributed by atoms with E-state index in [1.54, 1.807) is 0 Å². The Bertz CT molecular complexity index is 1030. The Hall–Kier alpha value is -3.90. The largest absolute Gasteiger partial charge is 0.345 e. The van der Waals surface area contributed by atoms with Gasteiger partial charge in [0, 0.05) is 26.2 Å². The number of hydrogen-bond acceptors (Lipinski definition) is 6. The lowest BCUT2D eigenvalue weighted by molar-refractivity contribution is 0.816. The molecule has 0 atom stereocenters. The summed E-state index contributed by atoms with van der Waals surface area (Å²) in [6, 6.07) is 20.7. The second-order valence-corrected chi connectivity index (χ2v) is 7.04. The number of nitrogens with zero attached hydrogens (tertiary/aromatic N) is 6. The maximum absolute atomic E-state index is 9.72. The van der Waals surface area contributed by atoms with Crippen LogP contribution in [0.5, 0.6) is 0 Å². The third-order valence-electron chi connectivity index (χ3n) is 5.35. The summed E-state index contributed by atoms with van der Waals surface area (Å²) in [5, 5.41) is 19.4. The molecule has 6 heteroatoms. The molecule has 3 aromatic rings. The van der Waals surface area contributed by atoms with Crippen molar-refractivity contribution in [3.05, 3.63) is 82.2 Å². The molecule has 6 nitrogen and oxygen atoms in total. The lowest BCUT2D eigenvalue weighted by Crippen LogP contribution is -2.23. The fourth-order valence-corrected chi connectivity index (χ4v) is 3.97. The number of aromatic nitrogens is 2. The standard InChI is InChI=1S/C22H16N6/c23-9-19-21(27-11-15-5-1-2-6-16(15)12-27)25-20(10-24)22(26-19)28-13-17-7-3-4-8-18(17)14-28/h1-8H,11-14H2. The van der Waals surface area contributed by atoms with Gasteiger partial charge in [0.2, 0.25) is 0 Å². The summed E-state index contributed by atoms with van der Waals surface area (Å²) in [7, 11) is 0. The van der Waals surface area contributed by atoms with Gasteiger partial charge in [0.15, 0.2) is 23.0 Å². The van der Waals surface area contributed by atoms with Crippen molar-refractivity contribution >= 4 is 11.6 Å². The van der Waals surface area contributed by atoms with Crippen LogP contribution in [0.2, 0.25) is 0 Å². The molecule has 0 fully saturated rings. The van der Waals surface area contributed by atoms with Gasteiger partial charge in [0.05, 0.1) is 0 Å². The Morgan fingerprint density at radius 2 is 0.929 bits per heavy atom. The van der Waals surface area contributed by atoms with Crippen LogP contribution in [0.1, 0.15) is 33.6 Å². The lowest BCUT2D eigenvalue weighted by Gasteiger charge is -2.22. The van der Waals surface area contributed by atoms with E-state index in [4.69, 9.17) is 0 Å². The van der Waals surface area contributed by atoms with Gasteiger partial charge >= 0.3 is 0 Å². The van der Waals surface area contributed by atoms with Crippen molar-refractivity contribution in [2.75, 3.05) is 9.80 Å². The van der Waals surface area contributed by atoms with Crippen molar-refractivity contribution in [3.63, 3.8) is 0 Å². The van der Waals surface area contributed by atoms with E-state index in [1.807, 2.05) is 34.1 Å². The normalized spacial score (nSPS) is 14.4. The number of hydrogen-bond donors (Lipinski definition) is 0. The van der Waals surface area contributed by atoms with Crippen LogP contribution < -0.4 is 9.80 Å². The van der Waals surface area contributed by atoms with Gasteiger partial charge in [-0.05, 0) is 22.3 Å². The topological polar surface area (TPSA) is 79.8 Å². The molecule has 3 heterocycles. The molecule has 0 saturated carbocycles. The average molecular weight is 364 g/mol. The molecule has 0 aliphatic carbocycles. The van der Waals surface area contributed by atoms with Crippen molar-refractivity contribution in [3.8, 4) is 12.1 Å². The van der Waals surface area contributed by atoms with Crippen LogP contribution >= 0.6 is 0 Å². The Morgan fingerprint density at radius 3 is 1.21 bits per heavy atom. The molecule has 5 rings (SSSR count). The molecule has 0 unspecified atom stereocenters. The van der Waals surface area contributed by atoms with Gasteiger partial charge in [-0.15, -0.1) is 0 Å². The zero-order chi connectivity index (χ0) is 19.1. The Labute approximate surface area is 162 Å². The molecule has 28 heavy (non-hydrogen) atoms. The average Bonchev–Trinajstić information content (AvgIpc) is 3.36. The quantitative estimate of drug-likeness (QED) is 0.694. The van der Waals surface area contributed by atoms with Crippen molar-refractivity contribution in [2.45, 2.75) is 26.2 Å². The molecule has 0 N–H and O–H groups in total. The molecular formula is C22H16N6. The number of benzene rings is 2. The third-order valence-corrected chi connectivity index (χ3v) is 5.35. The molecular weight excluding hydrogens is 348 g/mol. The maximum atomic E-state index is 9.72. The van der Waals surface area contributed by atoms with Crippen molar-refractivity contribution in [2.24, 2.45) is 0 Å². The maximum Gasteiger partial charge on any atom is 0.185 e. The van der Waals surface area contributed by atoms with E-state index in [0.29, 0.717) is 37.8 Å². The number of rotatable bonds is 2. The predicted octanol–water partition coefficient (Wildman–Crippen LogP) is 3.26. The van der Waals surface area contributed by atoms with Crippen molar-refractivity contribution in [1.82, 2.24) is 9.97 Å². The van der Waals surface area contributed by atoms with Crippen molar-refractivity contribution in [1.29, 1.82) is 10.5 Å². The summed E-state index contributed by atoms with van der Waals surface area (Å²) in [4.78, 5) is 13.2. The first-order chi connectivity index (χ1) is 13.8. The summed E-state index contributed by atoms with van der Waals surface area (Å²) < 4.78 is 0. The van der Waals surface area contributed by atoms with Gasteiger partial charge in [0.25, 0.3) is 0 Å². The summed E-state index contributed by atoms with van der Waals surface area (Å²) >= 11 is 0. The smallest absolute Gasteiger partial charge is 0.185 e. The first-order valence-electron chi connectivity index (χ1n) is 9.12. The molecule has 2 aliphatic rings. The van der Waals surface area contributed by atoms with Gasteiger partial charge in [-0.25, -0.2) is 9.97 Å². The monoisotopic (exact) mass is 364 g/mol. The minimum Gasteiger partial charge on any atom is -0.345 e. The minimum absolute atomic E-state index is 0.262. The number of anilines is 2. The zero-order valence-corrected chi connectivity index (χ0v) is 15.1. The molecule has 1 aromatic heterocycles. The van der Waals surface area contributed by atoms with Gasteiger partial charge in [0.1, 0.15) is 12.1 Å². The van der Waals surface area contributed by atoms with E-state index in [1.165, 1.54) is 22.3 Å². The minimum atomic E-state index is 0.262. The Balaban J connectivity index is 1.52. The summed E-state index contributed by atoms with van der Waals surface area (Å²) in [5.41, 5.74) is 5.38.